The molecule has 1 aromatic rings. The minimum absolute atomic E-state index is 0.673. The van der Waals surface area contributed by atoms with E-state index in [1.54, 1.807) is 0 Å². The Kier molecular flexibility index (Phi) is 1.48. The summed E-state index contributed by atoms with van der Waals surface area (Å²) in [6.07, 6.45) is 1.35. The predicted octanol–water partition coefficient (Wildman–Crippen LogP) is 1.40. The van der Waals surface area contributed by atoms with Gasteiger partial charge in [-0.25, -0.2) is 0 Å². The minimum atomic E-state index is -0.802. The molecule has 1 aliphatic rings. The third-order valence-corrected chi connectivity index (χ3v) is 2.38. The van der Waals surface area contributed by atoms with E-state index in [1.165, 1.54) is 11.1 Å². The Bertz CT molecular complexity index is 254. The monoisotopic (exact) mass is 166 g/mol. The van der Waals surface area contributed by atoms with Gasteiger partial charge in [-0.2, -0.15) is 0 Å². The molecule has 0 spiro atoms. The number of rotatable bonds is 0. The Labute approximate surface area is 71.5 Å². The zero-order valence-corrected chi connectivity index (χ0v) is 7.01. The molecular weight excluding hydrogens is 156 g/mol. The molecule has 1 aliphatic carbocycles. The van der Waals surface area contributed by atoms with E-state index >= 15 is 0 Å². The molecule has 0 amide bonds. The highest BCUT2D eigenvalue weighted by atomic mass is 32.1. The lowest BCUT2D eigenvalue weighted by molar-refractivity contribution is 0.152. The highest BCUT2D eigenvalue weighted by molar-refractivity contribution is 7.81. The zero-order valence-electron chi connectivity index (χ0n) is 6.12. The summed E-state index contributed by atoms with van der Waals surface area (Å²) in [5, 5.41) is 9.58. The van der Waals surface area contributed by atoms with Crippen LogP contribution in [-0.2, 0) is 12.8 Å². The summed E-state index contributed by atoms with van der Waals surface area (Å²) in [4.78, 5) is -0.802. The molecular formula is C9H10OS. The van der Waals surface area contributed by atoms with Gasteiger partial charge in [0.15, 0.2) is 0 Å². The smallest absolute Gasteiger partial charge is 0.115 e. The van der Waals surface area contributed by atoms with Gasteiger partial charge in [-0.15, -0.1) is 12.6 Å². The largest absolute Gasteiger partial charge is 0.379 e. The van der Waals surface area contributed by atoms with Gasteiger partial charge < -0.3 is 5.11 Å². The quantitative estimate of drug-likeness (QED) is 0.441. The Hall–Kier alpha value is -0.470. The van der Waals surface area contributed by atoms with E-state index in [1.807, 2.05) is 24.3 Å². The lowest BCUT2D eigenvalue weighted by Crippen LogP contribution is -2.20. The van der Waals surface area contributed by atoms with Crippen molar-refractivity contribution >= 4 is 12.6 Å². The minimum Gasteiger partial charge on any atom is -0.379 e. The van der Waals surface area contributed by atoms with Crippen LogP contribution in [0.15, 0.2) is 24.3 Å². The molecule has 0 saturated carbocycles. The van der Waals surface area contributed by atoms with E-state index in [4.69, 9.17) is 0 Å². The fourth-order valence-corrected chi connectivity index (χ4v) is 1.92. The normalized spacial score (nSPS) is 19.8. The zero-order chi connectivity index (χ0) is 7.90. The molecule has 0 aromatic heterocycles. The van der Waals surface area contributed by atoms with Gasteiger partial charge in [-0.05, 0) is 11.1 Å². The van der Waals surface area contributed by atoms with Crippen LogP contribution in [0.3, 0.4) is 0 Å². The molecule has 1 nitrogen and oxygen atoms in total. The molecule has 58 valence electrons. The molecule has 0 fully saturated rings. The number of benzene rings is 1. The summed E-state index contributed by atoms with van der Waals surface area (Å²) in [6, 6.07) is 8.08. The second-order valence-electron chi connectivity index (χ2n) is 3.10. The lowest BCUT2D eigenvalue weighted by atomic mass is 10.1. The van der Waals surface area contributed by atoms with Crippen molar-refractivity contribution in [1.82, 2.24) is 0 Å². The molecule has 0 unspecified atom stereocenters. The highest BCUT2D eigenvalue weighted by Gasteiger charge is 2.30. The van der Waals surface area contributed by atoms with Gasteiger partial charge in [-0.1, -0.05) is 24.3 Å². The first kappa shape index (κ1) is 7.19. The van der Waals surface area contributed by atoms with Crippen LogP contribution in [0.2, 0.25) is 0 Å². The van der Waals surface area contributed by atoms with Crippen molar-refractivity contribution in [2.75, 3.05) is 0 Å². The number of fused-ring (bicyclic) bond motifs is 1. The maximum absolute atomic E-state index is 9.58. The third kappa shape index (κ3) is 1.28. The van der Waals surface area contributed by atoms with Crippen molar-refractivity contribution in [3.05, 3.63) is 35.4 Å². The standard InChI is InChI=1S/C9H10OS/c10-9(11)5-7-3-1-2-4-8(7)6-9/h1-4,10-11H,5-6H2. The molecule has 2 heteroatoms. The van der Waals surface area contributed by atoms with Crippen LogP contribution >= 0.6 is 12.6 Å². The van der Waals surface area contributed by atoms with Crippen molar-refractivity contribution in [2.45, 2.75) is 17.8 Å². The second kappa shape index (κ2) is 2.26. The highest BCUT2D eigenvalue weighted by Crippen LogP contribution is 2.31. The van der Waals surface area contributed by atoms with Gasteiger partial charge >= 0.3 is 0 Å². The summed E-state index contributed by atoms with van der Waals surface area (Å²) in [5.41, 5.74) is 2.45. The third-order valence-electron chi connectivity index (χ3n) is 2.07. The molecule has 1 N–H and O–H groups in total. The maximum Gasteiger partial charge on any atom is 0.115 e. The van der Waals surface area contributed by atoms with Crippen molar-refractivity contribution in [3.8, 4) is 0 Å². The van der Waals surface area contributed by atoms with E-state index in [2.05, 4.69) is 12.6 Å². The van der Waals surface area contributed by atoms with Gasteiger partial charge in [0.1, 0.15) is 4.93 Å². The average Bonchev–Trinajstić information content (AvgIpc) is 2.21. The van der Waals surface area contributed by atoms with Crippen LogP contribution in [0, 0.1) is 0 Å². The summed E-state index contributed by atoms with van der Waals surface area (Å²) in [7, 11) is 0. The van der Waals surface area contributed by atoms with Gasteiger partial charge in [-0.3, -0.25) is 0 Å². The van der Waals surface area contributed by atoms with Crippen molar-refractivity contribution < 1.29 is 5.11 Å². The lowest BCUT2D eigenvalue weighted by Gasteiger charge is -2.12. The topological polar surface area (TPSA) is 20.2 Å². The van der Waals surface area contributed by atoms with Gasteiger partial charge in [0, 0.05) is 12.8 Å². The maximum atomic E-state index is 9.58. The molecule has 0 heterocycles. The SMILES string of the molecule is OC1(S)Cc2ccccc2C1. The molecule has 1 aromatic carbocycles. The first-order valence-electron chi connectivity index (χ1n) is 3.69. The van der Waals surface area contributed by atoms with E-state index in [0.717, 1.165) is 0 Å². The summed E-state index contributed by atoms with van der Waals surface area (Å²) >= 11 is 4.15. The molecule has 0 saturated heterocycles. The molecule has 0 aliphatic heterocycles. The molecule has 0 radical (unpaired) electrons. The molecule has 0 bridgehead atoms. The Morgan fingerprint density at radius 1 is 1.18 bits per heavy atom. The first-order valence-corrected chi connectivity index (χ1v) is 4.14. The molecule has 0 atom stereocenters. The first-order chi connectivity index (χ1) is 5.17. The molecule has 2 rings (SSSR count). The van der Waals surface area contributed by atoms with Crippen molar-refractivity contribution in [2.24, 2.45) is 0 Å². The second-order valence-corrected chi connectivity index (χ2v) is 3.94. The fraction of sp³-hybridized carbons (Fsp3) is 0.333. The number of thiol groups is 1. The van der Waals surface area contributed by atoms with Crippen LogP contribution < -0.4 is 0 Å². The van der Waals surface area contributed by atoms with Crippen LogP contribution in [0.25, 0.3) is 0 Å². The summed E-state index contributed by atoms with van der Waals surface area (Å²) in [5.74, 6) is 0. The predicted molar refractivity (Wildman–Crippen MR) is 47.8 cm³/mol. The van der Waals surface area contributed by atoms with Crippen LogP contribution in [-0.4, -0.2) is 10.0 Å². The van der Waals surface area contributed by atoms with Crippen LogP contribution in [0.5, 0.6) is 0 Å². The Morgan fingerprint density at radius 2 is 1.64 bits per heavy atom. The van der Waals surface area contributed by atoms with E-state index in [-0.39, 0.29) is 0 Å². The number of hydrogen-bond donors (Lipinski definition) is 2. The molecule has 11 heavy (non-hydrogen) atoms. The van der Waals surface area contributed by atoms with Crippen molar-refractivity contribution in [3.63, 3.8) is 0 Å². The van der Waals surface area contributed by atoms with E-state index in [9.17, 15) is 5.11 Å². The van der Waals surface area contributed by atoms with Crippen LogP contribution in [0.4, 0.5) is 0 Å². The van der Waals surface area contributed by atoms with Crippen molar-refractivity contribution in [1.29, 1.82) is 0 Å². The van der Waals surface area contributed by atoms with E-state index < -0.39 is 4.93 Å². The number of aliphatic hydroxyl groups is 1. The Morgan fingerprint density at radius 3 is 2.09 bits per heavy atom. The summed E-state index contributed by atoms with van der Waals surface area (Å²) < 4.78 is 0. The van der Waals surface area contributed by atoms with Gasteiger partial charge in [0.25, 0.3) is 0 Å². The van der Waals surface area contributed by atoms with Crippen LogP contribution in [0.1, 0.15) is 11.1 Å². The Balaban J connectivity index is 2.41. The fourth-order valence-electron chi connectivity index (χ4n) is 1.57. The van der Waals surface area contributed by atoms with Gasteiger partial charge in [0.2, 0.25) is 0 Å². The van der Waals surface area contributed by atoms with Gasteiger partial charge in [0.05, 0.1) is 0 Å². The van der Waals surface area contributed by atoms with E-state index in [0.29, 0.717) is 12.8 Å². The summed E-state index contributed by atoms with van der Waals surface area (Å²) in [6.45, 7) is 0. The number of hydrogen-bond acceptors (Lipinski definition) is 2. The average molecular weight is 166 g/mol.